The minimum absolute atomic E-state index is 0.0355. The summed E-state index contributed by atoms with van der Waals surface area (Å²) in [5.74, 6) is -0.365. The number of nitrogens with zero attached hydrogens (tertiary/aromatic N) is 1. The van der Waals surface area contributed by atoms with Gasteiger partial charge < -0.3 is 14.6 Å². The first kappa shape index (κ1) is 20.6. The van der Waals surface area contributed by atoms with Crippen LogP contribution >= 0.6 is 11.3 Å². The number of hydrogen-bond donors (Lipinski definition) is 1. The van der Waals surface area contributed by atoms with Crippen molar-refractivity contribution in [2.75, 3.05) is 0 Å². The Labute approximate surface area is 196 Å². The summed E-state index contributed by atoms with van der Waals surface area (Å²) >= 11 is 1.65. The number of ether oxygens (including phenoxy) is 2. The number of fused-ring (bicyclic) bond motifs is 4. The molecule has 0 saturated carbocycles. The van der Waals surface area contributed by atoms with Crippen LogP contribution in [0.1, 0.15) is 47.2 Å². The van der Waals surface area contributed by atoms with E-state index >= 15 is 0 Å². The van der Waals surface area contributed by atoms with Crippen molar-refractivity contribution in [1.82, 2.24) is 4.98 Å². The smallest absolute Gasteiger partial charge is 0.336 e. The minimum atomic E-state index is -0.968. The van der Waals surface area contributed by atoms with E-state index in [1.54, 1.807) is 17.4 Å². The maximum absolute atomic E-state index is 12.4. The molecule has 0 amide bonds. The fraction of sp³-hybridized carbons (Fsp3) is 0.333. The van der Waals surface area contributed by atoms with Crippen LogP contribution in [0.25, 0.3) is 31.6 Å². The third-order valence-electron chi connectivity index (χ3n) is 6.97. The summed E-state index contributed by atoms with van der Waals surface area (Å²) < 4.78 is 13.6. The number of thiophene rings is 1. The first-order valence-corrected chi connectivity index (χ1v) is 12.3. The molecule has 0 aliphatic carbocycles. The molecule has 0 radical (unpaired) electrons. The number of hydrogen-bond acceptors (Lipinski definition) is 5. The Morgan fingerprint density at radius 2 is 1.88 bits per heavy atom. The highest BCUT2D eigenvalue weighted by molar-refractivity contribution is 7.22. The number of aryl methyl sites for hydroxylation is 2. The van der Waals surface area contributed by atoms with E-state index in [2.05, 4.69) is 19.1 Å². The molecule has 2 aliphatic rings. The molecule has 5 nitrogen and oxygen atoms in total. The number of benzene rings is 2. The first-order chi connectivity index (χ1) is 16.0. The highest BCUT2D eigenvalue weighted by atomic mass is 32.1. The SMILES string of the molecule is Cc1c(-c2cc(C(=O)O)c3c(O[C@@H]4C[C@H]5CC[C@@H](C4)O5)ccc(C)c3n2)sc2ccccc12. The zero-order chi connectivity index (χ0) is 22.7. The van der Waals surface area contributed by atoms with E-state index in [-0.39, 0.29) is 23.9 Å². The average Bonchev–Trinajstić information content (AvgIpc) is 3.33. The highest BCUT2D eigenvalue weighted by Crippen LogP contribution is 2.41. The summed E-state index contributed by atoms with van der Waals surface area (Å²) in [6.07, 6.45) is 4.41. The van der Waals surface area contributed by atoms with Crippen molar-refractivity contribution in [3.05, 3.63) is 59.2 Å². The molecule has 0 spiro atoms. The Morgan fingerprint density at radius 3 is 2.61 bits per heavy atom. The molecule has 2 aliphatic heterocycles. The van der Waals surface area contributed by atoms with Crippen LogP contribution in [0.5, 0.6) is 5.75 Å². The van der Waals surface area contributed by atoms with Crippen molar-refractivity contribution in [2.24, 2.45) is 0 Å². The van der Waals surface area contributed by atoms with Crippen LogP contribution in [0, 0.1) is 13.8 Å². The van der Waals surface area contributed by atoms with Gasteiger partial charge in [0.25, 0.3) is 0 Å². The number of carboxylic acids is 1. The van der Waals surface area contributed by atoms with E-state index in [1.807, 2.05) is 31.2 Å². The van der Waals surface area contributed by atoms with E-state index in [9.17, 15) is 9.90 Å². The van der Waals surface area contributed by atoms with Crippen molar-refractivity contribution >= 4 is 38.3 Å². The van der Waals surface area contributed by atoms with E-state index in [4.69, 9.17) is 14.5 Å². The Balaban J connectivity index is 1.50. The molecule has 1 N–H and O–H groups in total. The molecular weight excluding hydrogens is 434 g/mol. The van der Waals surface area contributed by atoms with Crippen molar-refractivity contribution in [1.29, 1.82) is 0 Å². The standard InChI is InChI=1S/C27H25NO4S/c1-14-7-10-22(32-18-11-16-8-9-17(12-18)31-16)24-20(27(29)30)13-21(28-25(14)24)26-15(2)19-5-3-4-6-23(19)33-26/h3-7,10,13,16-18H,8-9,11-12H2,1-2H3,(H,29,30)/t16-,17+,18-. The summed E-state index contributed by atoms with van der Waals surface area (Å²) in [5.41, 5.74) is 3.69. The van der Waals surface area contributed by atoms with Crippen LogP contribution in [0.2, 0.25) is 0 Å². The molecule has 2 aromatic carbocycles. The zero-order valence-electron chi connectivity index (χ0n) is 18.6. The lowest BCUT2D eigenvalue weighted by Gasteiger charge is -2.29. The van der Waals surface area contributed by atoms with Crippen LogP contribution in [-0.4, -0.2) is 34.4 Å². The molecule has 4 aromatic rings. The molecule has 2 saturated heterocycles. The summed E-state index contributed by atoms with van der Waals surface area (Å²) in [4.78, 5) is 18.4. The van der Waals surface area contributed by atoms with E-state index in [0.29, 0.717) is 22.3 Å². The van der Waals surface area contributed by atoms with E-state index in [1.165, 1.54) is 10.1 Å². The summed E-state index contributed by atoms with van der Waals surface area (Å²) in [6.45, 7) is 4.05. The molecular formula is C27H25NO4S. The molecule has 168 valence electrons. The molecule has 4 heterocycles. The molecule has 6 rings (SSSR count). The lowest BCUT2D eigenvalue weighted by molar-refractivity contribution is -0.0435. The van der Waals surface area contributed by atoms with Gasteiger partial charge in [0, 0.05) is 17.5 Å². The molecule has 3 atom stereocenters. The van der Waals surface area contributed by atoms with Crippen LogP contribution in [0.3, 0.4) is 0 Å². The summed E-state index contributed by atoms with van der Waals surface area (Å²) in [5, 5.41) is 11.9. The molecule has 2 fully saturated rings. The second-order valence-corrected chi connectivity index (χ2v) is 10.2. The lowest BCUT2D eigenvalue weighted by Crippen LogP contribution is -2.32. The summed E-state index contributed by atoms with van der Waals surface area (Å²) in [7, 11) is 0. The average molecular weight is 460 g/mol. The third-order valence-corrected chi connectivity index (χ3v) is 8.27. The van der Waals surface area contributed by atoms with Crippen molar-refractivity contribution < 1.29 is 19.4 Å². The van der Waals surface area contributed by atoms with Gasteiger partial charge in [-0.2, -0.15) is 0 Å². The number of carboxylic acid groups (broad SMARTS) is 1. The van der Waals surface area contributed by atoms with Gasteiger partial charge in [0.15, 0.2) is 0 Å². The largest absolute Gasteiger partial charge is 0.489 e. The van der Waals surface area contributed by atoms with E-state index in [0.717, 1.165) is 41.7 Å². The van der Waals surface area contributed by atoms with Gasteiger partial charge in [-0.1, -0.05) is 24.3 Å². The topological polar surface area (TPSA) is 68.7 Å². The molecule has 2 aromatic heterocycles. The third kappa shape index (κ3) is 3.49. The highest BCUT2D eigenvalue weighted by Gasteiger charge is 2.36. The zero-order valence-corrected chi connectivity index (χ0v) is 19.4. The Morgan fingerprint density at radius 1 is 1.12 bits per heavy atom. The Kier molecular flexibility index (Phi) is 4.89. The minimum Gasteiger partial charge on any atom is -0.489 e. The van der Waals surface area contributed by atoms with Gasteiger partial charge in [-0.25, -0.2) is 9.78 Å². The maximum Gasteiger partial charge on any atom is 0.336 e. The quantitative estimate of drug-likeness (QED) is 0.376. The van der Waals surface area contributed by atoms with E-state index < -0.39 is 5.97 Å². The molecule has 6 heteroatoms. The second-order valence-electron chi connectivity index (χ2n) is 9.19. The van der Waals surface area contributed by atoms with Crippen molar-refractivity contribution in [2.45, 2.75) is 57.8 Å². The van der Waals surface area contributed by atoms with Crippen LogP contribution in [0.15, 0.2) is 42.5 Å². The molecule has 2 bridgehead atoms. The fourth-order valence-corrected chi connectivity index (χ4v) is 6.50. The number of pyridine rings is 1. The maximum atomic E-state index is 12.4. The van der Waals surface area contributed by atoms with Gasteiger partial charge >= 0.3 is 5.97 Å². The molecule has 33 heavy (non-hydrogen) atoms. The molecule has 0 unspecified atom stereocenters. The monoisotopic (exact) mass is 459 g/mol. The van der Waals surface area contributed by atoms with Crippen molar-refractivity contribution in [3.63, 3.8) is 0 Å². The Bertz CT molecular complexity index is 1400. The van der Waals surface area contributed by atoms with Gasteiger partial charge in [-0.3, -0.25) is 0 Å². The van der Waals surface area contributed by atoms with Gasteiger partial charge in [-0.05, 0) is 61.4 Å². The van der Waals surface area contributed by atoms with Gasteiger partial charge in [-0.15, -0.1) is 11.3 Å². The Hall–Kier alpha value is -2.96. The van der Waals surface area contributed by atoms with Gasteiger partial charge in [0.1, 0.15) is 11.9 Å². The van der Waals surface area contributed by atoms with Gasteiger partial charge in [0.05, 0.1) is 39.2 Å². The normalized spacial score (nSPS) is 22.2. The first-order valence-electron chi connectivity index (χ1n) is 11.5. The van der Waals surface area contributed by atoms with Crippen molar-refractivity contribution in [3.8, 4) is 16.3 Å². The lowest BCUT2D eigenvalue weighted by atomic mass is 10.0. The predicted molar refractivity (Wildman–Crippen MR) is 131 cm³/mol. The fourth-order valence-electron chi connectivity index (χ4n) is 5.33. The van der Waals surface area contributed by atoms with Crippen LogP contribution < -0.4 is 4.74 Å². The number of aromatic carboxylic acids is 1. The number of carbonyl (C=O) groups is 1. The second kappa shape index (κ2) is 7.82. The van der Waals surface area contributed by atoms with Gasteiger partial charge in [0.2, 0.25) is 0 Å². The van der Waals surface area contributed by atoms with Crippen LogP contribution in [0.4, 0.5) is 0 Å². The number of rotatable bonds is 4. The summed E-state index contributed by atoms with van der Waals surface area (Å²) in [6, 6.07) is 13.8. The predicted octanol–water partition coefficient (Wildman–Crippen LogP) is 6.52. The van der Waals surface area contributed by atoms with Crippen LogP contribution in [-0.2, 0) is 4.74 Å². The number of aromatic nitrogens is 1.